The predicted molar refractivity (Wildman–Crippen MR) is 93.0 cm³/mol. The average Bonchev–Trinajstić information content (AvgIpc) is 2.67. The molecule has 2 heterocycles. The number of carbonyl (C=O) groups is 1. The third-order valence-corrected chi connectivity index (χ3v) is 5.18. The van der Waals surface area contributed by atoms with Crippen LogP contribution >= 0.6 is 0 Å². The van der Waals surface area contributed by atoms with Gasteiger partial charge in [0.2, 0.25) is 5.91 Å². The normalized spacial score (nSPS) is 44.3. The SMILES string of the molecule is CO[C@@H]1OC(CO)[C@@H](O[C@@H]2OC(CO)[C@@H](OC)[C@H](O)C2C)C(O)C1NC(C)=O. The van der Waals surface area contributed by atoms with Crippen molar-refractivity contribution in [2.45, 2.75) is 69.1 Å². The molecule has 11 nitrogen and oxygen atoms in total. The minimum Gasteiger partial charge on any atom is -0.394 e. The van der Waals surface area contributed by atoms with Crippen molar-refractivity contribution in [2.24, 2.45) is 5.92 Å². The smallest absolute Gasteiger partial charge is 0.217 e. The number of carbonyl (C=O) groups excluding carboxylic acids is 1. The summed E-state index contributed by atoms with van der Waals surface area (Å²) in [6.07, 6.45) is -7.94. The minimum atomic E-state index is -1.29. The summed E-state index contributed by atoms with van der Waals surface area (Å²) in [4.78, 5) is 11.5. The Morgan fingerprint density at radius 2 is 1.54 bits per heavy atom. The second kappa shape index (κ2) is 10.2. The van der Waals surface area contributed by atoms with E-state index in [1.165, 1.54) is 21.1 Å². The van der Waals surface area contributed by atoms with Crippen LogP contribution in [0.5, 0.6) is 0 Å². The van der Waals surface area contributed by atoms with E-state index in [0.717, 1.165) is 0 Å². The van der Waals surface area contributed by atoms with Gasteiger partial charge in [-0.15, -0.1) is 0 Å². The Labute approximate surface area is 163 Å². The molecule has 2 saturated heterocycles. The van der Waals surface area contributed by atoms with Crippen molar-refractivity contribution < 1.29 is 48.9 Å². The van der Waals surface area contributed by atoms with Crippen molar-refractivity contribution in [2.75, 3.05) is 27.4 Å². The van der Waals surface area contributed by atoms with E-state index in [0.29, 0.717) is 0 Å². The summed E-state index contributed by atoms with van der Waals surface area (Å²) < 4.78 is 27.6. The first-order valence-electron chi connectivity index (χ1n) is 9.15. The molecule has 5 unspecified atom stereocenters. The molecule has 0 aromatic heterocycles. The Bertz CT molecular complexity index is 506. The summed E-state index contributed by atoms with van der Waals surface area (Å²) in [5.41, 5.74) is 0. The minimum absolute atomic E-state index is 0.406. The van der Waals surface area contributed by atoms with Gasteiger partial charge in [0.05, 0.1) is 19.3 Å². The second-order valence-corrected chi connectivity index (χ2v) is 7.05. The first kappa shape index (κ1) is 23.4. The molecule has 1 amide bonds. The van der Waals surface area contributed by atoms with Crippen LogP contribution in [0.1, 0.15) is 13.8 Å². The molecular weight excluding hydrogens is 378 g/mol. The Kier molecular flexibility index (Phi) is 8.55. The lowest BCUT2D eigenvalue weighted by Crippen LogP contribution is -2.66. The Balaban J connectivity index is 2.20. The van der Waals surface area contributed by atoms with Gasteiger partial charge in [-0.1, -0.05) is 6.92 Å². The molecule has 0 saturated carbocycles. The van der Waals surface area contributed by atoms with Gasteiger partial charge in [-0.05, 0) is 0 Å². The lowest BCUT2D eigenvalue weighted by atomic mass is 9.91. The fourth-order valence-electron chi connectivity index (χ4n) is 3.63. The molecule has 0 aromatic carbocycles. The van der Waals surface area contributed by atoms with Gasteiger partial charge in [-0.2, -0.15) is 0 Å². The zero-order chi connectivity index (χ0) is 21.0. The van der Waals surface area contributed by atoms with E-state index in [9.17, 15) is 25.2 Å². The van der Waals surface area contributed by atoms with Crippen LogP contribution in [0.2, 0.25) is 0 Å². The highest BCUT2D eigenvalue weighted by Gasteiger charge is 2.50. The molecule has 11 heteroatoms. The topological polar surface area (TPSA) is 156 Å². The molecule has 2 rings (SSSR count). The molecule has 0 aromatic rings. The third-order valence-electron chi connectivity index (χ3n) is 5.18. The van der Waals surface area contributed by atoms with E-state index in [1.54, 1.807) is 6.92 Å². The molecular formula is C17H31NO10. The summed E-state index contributed by atoms with van der Waals surface area (Å²) in [6.45, 7) is 2.06. The summed E-state index contributed by atoms with van der Waals surface area (Å²) in [5, 5.41) is 43.0. The Morgan fingerprint density at radius 1 is 0.964 bits per heavy atom. The van der Waals surface area contributed by atoms with Gasteiger partial charge in [0, 0.05) is 27.1 Å². The quantitative estimate of drug-likeness (QED) is 0.300. The lowest BCUT2D eigenvalue weighted by Gasteiger charge is -2.47. The van der Waals surface area contributed by atoms with Crippen LogP contribution in [-0.2, 0) is 28.5 Å². The fourth-order valence-corrected chi connectivity index (χ4v) is 3.63. The molecule has 0 radical (unpaired) electrons. The standard InChI is InChI=1S/C17H31NO10/c1-7-12(22)14(24-3)9(5-19)26-16(7)28-15-10(6-20)27-17(25-4)11(13(15)23)18-8(2)21/h7,9-17,19-20,22-23H,5-6H2,1-4H3,(H,18,21)/t7?,9?,10?,11?,12-,13?,14-,15-,16+,17-/m1/s1. The number of ether oxygens (including phenoxy) is 5. The van der Waals surface area contributed by atoms with Crippen LogP contribution in [0.3, 0.4) is 0 Å². The Hall–Kier alpha value is -0.890. The number of amides is 1. The van der Waals surface area contributed by atoms with Crippen molar-refractivity contribution in [1.29, 1.82) is 0 Å². The predicted octanol–water partition coefficient (Wildman–Crippen LogP) is -2.67. The summed E-state index contributed by atoms with van der Waals surface area (Å²) >= 11 is 0. The summed E-state index contributed by atoms with van der Waals surface area (Å²) in [5.74, 6) is -0.976. The maximum atomic E-state index is 11.5. The van der Waals surface area contributed by atoms with Gasteiger partial charge in [0.15, 0.2) is 12.6 Å². The van der Waals surface area contributed by atoms with Crippen molar-refractivity contribution in [3.63, 3.8) is 0 Å². The monoisotopic (exact) mass is 409 g/mol. The molecule has 164 valence electrons. The van der Waals surface area contributed by atoms with Crippen LogP contribution in [0, 0.1) is 5.92 Å². The van der Waals surface area contributed by atoms with E-state index < -0.39 is 80.3 Å². The molecule has 2 aliphatic rings. The van der Waals surface area contributed by atoms with Gasteiger partial charge in [-0.3, -0.25) is 4.79 Å². The highest BCUT2D eigenvalue weighted by atomic mass is 16.7. The zero-order valence-corrected chi connectivity index (χ0v) is 16.4. The van der Waals surface area contributed by atoms with Crippen molar-refractivity contribution in [3.8, 4) is 0 Å². The maximum absolute atomic E-state index is 11.5. The van der Waals surface area contributed by atoms with Crippen LogP contribution in [0.4, 0.5) is 0 Å². The van der Waals surface area contributed by atoms with Crippen molar-refractivity contribution >= 4 is 5.91 Å². The number of hydrogen-bond donors (Lipinski definition) is 5. The molecule has 0 spiro atoms. The first-order chi connectivity index (χ1) is 13.3. The molecule has 0 aliphatic carbocycles. The molecule has 10 atom stereocenters. The second-order valence-electron chi connectivity index (χ2n) is 7.05. The molecule has 2 fully saturated rings. The lowest BCUT2D eigenvalue weighted by molar-refractivity contribution is -0.338. The summed E-state index contributed by atoms with van der Waals surface area (Å²) in [6, 6.07) is -0.945. The van der Waals surface area contributed by atoms with Crippen molar-refractivity contribution in [1.82, 2.24) is 5.32 Å². The van der Waals surface area contributed by atoms with Gasteiger partial charge in [0.1, 0.15) is 36.6 Å². The van der Waals surface area contributed by atoms with Gasteiger partial charge < -0.3 is 49.4 Å². The summed E-state index contributed by atoms with van der Waals surface area (Å²) in [7, 11) is 2.75. The number of nitrogens with one attached hydrogen (secondary N) is 1. The van der Waals surface area contributed by atoms with E-state index in [4.69, 9.17) is 23.7 Å². The number of rotatable bonds is 7. The number of aliphatic hydroxyl groups is 4. The number of aliphatic hydroxyl groups excluding tert-OH is 4. The first-order valence-corrected chi connectivity index (χ1v) is 9.15. The molecule has 5 N–H and O–H groups in total. The highest BCUT2D eigenvalue weighted by Crippen LogP contribution is 2.32. The third kappa shape index (κ3) is 4.81. The van der Waals surface area contributed by atoms with E-state index in [2.05, 4.69) is 5.32 Å². The van der Waals surface area contributed by atoms with Crippen molar-refractivity contribution in [3.05, 3.63) is 0 Å². The van der Waals surface area contributed by atoms with E-state index in [1.807, 2.05) is 0 Å². The van der Waals surface area contributed by atoms with Gasteiger partial charge >= 0.3 is 0 Å². The zero-order valence-electron chi connectivity index (χ0n) is 16.4. The Morgan fingerprint density at radius 3 is 2.04 bits per heavy atom. The van der Waals surface area contributed by atoms with Crippen LogP contribution < -0.4 is 5.32 Å². The van der Waals surface area contributed by atoms with Gasteiger partial charge in [0.25, 0.3) is 0 Å². The van der Waals surface area contributed by atoms with E-state index >= 15 is 0 Å². The largest absolute Gasteiger partial charge is 0.394 e. The van der Waals surface area contributed by atoms with Gasteiger partial charge in [-0.25, -0.2) is 0 Å². The molecule has 0 bridgehead atoms. The molecule has 28 heavy (non-hydrogen) atoms. The van der Waals surface area contributed by atoms with Crippen LogP contribution in [-0.4, -0.2) is 109 Å². The molecule has 2 aliphatic heterocycles. The maximum Gasteiger partial charge on any atom is 0.217 e. The van der Waals surface area contributed by atoms with E-state index in [-0.39, 0.29) is 0 Å². The van der Waals surface area contributed by atoms with Crippen LogP contribution in [0.15, 0.2) is 0 Å². The number of hydrogen-bond acceptors (Lipinski definition) is 10. The number of methoxy groups -OCH3 is 2. The fraction of sp³-hybridized carbons (Fsp3) is 0.941. The highest BCUT2D eigenvalue weighted by molar-refractivity contribution is 5.73. The van der Waals surface area contributed by atoms with Crippen LogP contribution in [0.25, 0.3) is 0 Å². The average molecular weight is 409 g/mol.